The molecule has 1 N–H and O–H groups in total. The fourth-order valence-electron chi connectivity index (χ4n) is 1.98. The minimum absolute atomic E-state index is 0.0393. The third kappa shape index (κ3) is 3.03. The van der Waals surface area contributed by atoms with Crippen LogP contribution in [0.2, 0.25) is 0 Å². The molecule has 1 heterocycles. The first-order valence-corrected chi connectivity index (χ1v) is 6.79. The Morgan fingerprint density at radius 3 is 2.33 bits per heavy atom. The van der Waals surface area contributed by atoms with Crippen LogP contribution in [0.5, 0.6) is 0 Å². The lowest BCUT2D eigenvalue weighted by molar-refractivity contribution is -0.149. The molecule has 1 saturated heterocycles. The van der Waals surface area contributed by atoms with Gasteiger partial charge in [-0.05, 0) is 24.7 Å². The molecule has 0 aromatic heterocycles. The first kappa shape index (κ1) is 15.0. The van der Waals surface area contributed by atoms with Crippen LogP contribution in [0.25, 0.3) is 0 Å². The van der Waals surface area contributed by atoms with Gasteiger partial charge in [0.15, 0.2) is 0 Å². The average molecular weight is 254 g/mol. The Hall–Kier alpha value is -1.06. The zero-order valence-corrected chi connectivity index (χ0v) is 12.4. The largest absolute Gasteiger partial charge is 0.343 e. The normalized spacial score (nSPS) is 27.1. The third-order valence-electron chi connectivity index (χ3n) is 4.10. The Morgan fingerprint density at radius 1 is 1.33 bits per heavy atom. The van der Waals surface area contributed by atoms with E-state index in [1.807, 2.05) is 6.92 Å². The van der Waals surface area contributed by atoms with Crippen LogP contribution in [0.4, 0.5) is 0 Å². The molecule has 1 rings (SSSR count). The van der Waals surface area contributed by atoms with Crippen molar-refractivity contribution in [3.63, 3.8) is 0 Å². The predicted molar refractivity (Wildman–Crippen MR) is 72.0 cm³/mol. The van der Waals surface area contributed by atoms with Gasteiger partial charge in [-0.25, -0.2) is 0 Å². The van der Waals surface area contributed by atoms with Crippen molar-refractivity contribution in [1.29, 1.82) is 0 Å². The number of nitrogens with one attached hydrogen (secondary N) is 1. The van der Waals surface area contributed by atoms with E-state index in [9.17, 15) is 9.59 Å². The molecule has 1 fully saturated rings. The second kappa shape index (κ2) is 5.29. The number of rotatable bonds is 3. The Balaban J connectivity index is 2.84. The molecule has 3 unspecified atom stereocenters. The topological polar surface area (TPSA) is 49.4 Å². The van der Waals surface area contributed by atoms with E-state index >= 15 is 0 Å². The van der Waals surface area contributed by atoms with Gasteiger partial charge in [-0.1, -0.05) is 34.6 Å². The van der Waals surface area contributed by atoms with Gasteiger partial charge in [0.2, 0.25) is 11.8 Å². The molecule has 0 radical (unpaired) electrons. The summed E-state index contributed by atoms with van der Waals surface area (Å²) in [7, 11) is 0. The predicted octanol–water partition coefficient (Wildman–Crippen LogP) is 1.79. The van der Waals surface area contributed by atoms with Crippen LogP contribution in [0.15, 0.2) is 0 Å². The second-order valence-electron chi connectivity index (χ2n) is 6.40. The zero-order chi connectivity index (χ0) is 14.1. The van der Waals surface area contributed by atoms with Crippen LogP contribution >= 0.6 is 0 Å². The van der Waals surface area contributed by atoms with Crippen molar-refractivity contribution in [2.75, 3.05) is 6.54 Å². The van der Waals surface area contributed by atoms with E-state index < -0.39 is 0 Å². The summed E-state index contributed by atoms with van der Waals surface area (Å²) in [5.74, 6) is 0.371. The second-order valence-corrected chi connectivity index (χ2v) is 6.40. The summed E-state index contributed by atoms with van der Waals surface area (Å²) in [6.45, 7) is 13.0. The number of hydrogen-bond donors (Lipinski definition) is 1. The van der Waals surface area contributed by atoms with E-state index in [4.69, 9.17) is 0 Å². The number of carbonyl (C=O) groups excluding carboxylic acids is 2. The molecule has 18 heavy (non-hydrogen) atoms. The molecule has 0 aromatic carbocycles. The van der Waals surface area contributed by atoms with Crippen molar-refractivity contribution in [2.45, 2.75) is 60.0 Å². The molecule has 2 amide bonds. The number of hydrogen-bond acceptors (Lipinski definition) is 2. The van der Waals surface area contributed by atoms with E-state index in [0.29, 0.717) is 18.9 Å². The maximum Gasteiger partial charge on any atom is 0.245 e. The van der Waals surface area contributed by atoms with Crippen molar-refractivity contribution in [3.05, 3.63) is 0 Å². The summed E-state index contributed by atoms with van der Waals surface area (Å²) in [4.78, 5) is 25.9. The molecule has 0 saturated carbocycles. The lowest BCUT2D eigenvalue weighted by Crippen LogP contribution is -2.63. The van der Waals surface area contributed by atoms with Crippen molar-refractivity contribution in [1.82, 2.24) is 10.2 Å². The zero-order valence-electron chi connectivity index (χ0n) is 12.4. The standard InChI is InChI=1S/C14H26N2O2/c1-7-11-13(18)16(10(3)12(17)15-11)8-9(2)14(4,5)6/h9-11H,7-8H2,1-6H3,(H,15,17). The van der Waals surface area contributed by atoms with Gasteiger partial charge in [-0.3, -0.25) is 9.59 Å². The molecular weight excluding hydrogens is 228 g/mol. The third-order valence-corrected chi connectivity index (χ3v) is 4.10. The Labute approximate surface area is 110 Å². The van der Waals surface area contributed by atoms with Crippen LogP contribution in [-0.2, 0) is 9.59 Å². The number of amides is 2. The number of piperazine rings is 1. The molecule has 0 aliphatic carbocycles. The minimum Gasteiger partial charge on any atom is -0.343 e. The maximum atomic E-state index is 12.3. The van der Waals surface area contributed by atoms with Crippen LogP contribution in [0, 0.1) is 11.3 Å². The Morgan fingerprint density at radius 2 is 1.89 bits per heavy atom. The van der Waals surface area contributed by atoms with Crippen LogP contribution in [0.1, 0.15) is 48.0 Å². The summed E-state index contributed by atoms with van der Waals surface area (Å²) in [5, 5.41) is 2.78. The van der Waals surface area contributed by atoms with E-state index in [0.717, 1.165) is 0 Å². The summed E-state index contributed by atoms with van der Waals surface area (Å²) in [6.07, 6.45) is 0.650. The summed E-state index contributed by atoms with van der Waals surface area (Å²) >= 11 is 0. The SMILES string of the molecule is CCC1NC(=O)C(C)N(CC(C)C(C)(C)C)C1=O. The molecule has 1 aliphatic rings. The summed E-state index contributed by atoms with van der Waals surface area (Å²) < 4.78 is 0. The van der Waals surface area contributed by atoms with Gasteiger partial charge in [0, 0.05) is 6.54 Å². The quantitative estimate of drug-likeness (QED) is 0.835. The van der Waals surface area contributed by atoms with Crippen molar-refractivity contribution in [3.8, 4) is 0 Å². The van der Waals surface area contributed by atoms with Crippen molar-refractivity contribution in [2.24, 2.45) is 11.3 Å². The molecular formula is C14H26N2O2. The van der Waals surface area contributed by atoms with Crippen LogP contribution < -0.4 is 5.32 Å². The van der Waals surface area contributed by atoms with Crippen molar-refractivity contribution >= 4 is 11.8 Å². The molecule has 3 atom stereocenters. The van der Waals surface area contributed by atoms with E-state index in [-0.39, 0.29) is 29.3 Å². The van der Waals surface area contributed by atoms with Gasteiger partial charge in [-0.2, -0.15) is 0 Å². The van der Waals surface area contributed by atoms with Gasteiger partial charge < -0.3 is 10.2 Å². The first-order valence-electron chi connectivity index (χ1n) is 6.79. The highest BCUT2D eigenvalue weighted by atomic mass is 16.2. The van der Waals surface area contributed by atoms with Gasteiger partial charge in [-0.15, -0.1) is 0 Å². The van der Waals surface area contributed by atoms with E-state index in [1.54, 1.807) is 11.8 Å². The maximum absolute atomic E-state index is 12.3. The Bertz CT molecular complexity index is 333. The van der Waals surface area contributed by atoms with Gasteiger partial charge in [0.25, 0.3) is 0 Å². The lowest BCUT2D eigenvalue weighted by Gasteiger charge is -2.40. The molecule has 4 heteroatoms. The minimum atomic E-state index is -0.356. The molecule has 1 aliphatic heterocycles. The molecule has 4 nitrogen and oxygen atoms in total. The van der Waals surface area contributed by atoms with Gasteiger partial charge in [0.1, 0.15) is 12.1 Å². The summed E-state index contributed by atoms with van der Waals surface area (Å²) in [6, 6.07) is -0.703. The molecule has 0 aromatic rings. The first-order chi connectivity index (χ1) is 8.18. The fraction of sp³-hybridized carbons (Fsp3) is 0.857. The van der Waals surface area contributed by atoms with Gasteiger partial charge in [0.05, 0.1) is 0 Å². The van der Waals surface area contributed by atoms with Gasteiger partial charge >= 0.3 is 0 Å². The number of carbonyl (C=O) groups is 2. The monoisotopic (exact) mass is 254 g/mol. The van der Waals surface area contributed by atoms with Crippen LogP contribution in [0.3, 0.4) is 0 Å². The van der Waals surface area contributed by atoms with Crippen LogP contribution in [-0.4, -0.2) is 35.3 Å². The smallest absolute Gasteiger partial charge is 0.245 e. The average Bonchev–Trinajstić information content (AvgIpc) is 2.27. The molecule has 0 bridgehead atoms. The molecule has 0 spiro atoms. The number of nitrogens with zero attached hydrogens (tertiary/aromatic N) is 1. The summed E-state index contributed by atoms with van der Waals surface area (Å²) in [5.41, 5.74) is 0.135. The molecule has 104 valence electrons. The Kier molecular flexibility index (Phi) is 4.41. The lowest BCUT2D eigenvalue weighted by atomic mass is 9.81. The highest BCUT2D eigenvalue weighted by molar-refractivity contribution is 5.96. The highest BCUT2D eigenvalue weighted by Gasteiger charge is 2.38. The highest BCUT2D eigenvalue weighted by Crippen LogP contribution is 2.27. The van der Waals surface area contributed by atoms with E-state index in [2.05, 4.69) is 33.0 Å². The van der Waals surface area contributed by atoms with Crippen molar-refractivity contribution < 1.29 is 9.59 Å². The fourth-order valence-corrected chi connectivity index (χ4v) is 1.98. The van der Waals surface area contributed by atoms with E-state index in [1.165, 1.54) is 0 Å².